The number of ether oxygens (including phenoxy) is 1. The van der Waals surface area contributed by atoms with Crippen molar-refractivity contribution < 1.29 is 13.9 Å². The molecule has 21 heavy (non-hydrogen) atoms. The second kappa shape index (κ2) is 5.73. The first-order valence-corrected chi connectivity index (χ1v) is 7.38. The van der Waals surface area contributed by atoms with Gasteiger partial charge in [-0.1, -0.05) is 18.2 Å². The van der Waals surface area contributed by atoms with Gasteiger partial charge in [-0.15, -0.1) is 0 Å². The van der Waals surface area contributed by atoms with E-state index in [1.54, 1.807) is 31.1 Å². The van der Waals surface area contributed by atoms with E-state index in [-0.39, 0.29) is 29.8 Å². The van der Waals surface area contributed by atoms with Gasteiger partial charge < -0.3 is 9.64 Å². The summed E-state index contributed by atoms with van der Waals surface area (Å²) in [6.07, 6.45) is 0.864. The van der Waals surface area contributed by atoms with Gasteiger partial charge in [-0.05, 0) is 12.5 Å². The van der Waals surface area contributed by atoms with Crippen molar-refractivity contribution in [1.29, 1.82) is 0 Å². The summed E-state index contributed by atoms with van der Waals surface area (Å²) in [5, 5.41) is 0. The molecule has 0 unspecified atom stereocenters. The van der Waals surface area contributed by atoms with Crippen LogP contribution < -0.4 is 0 Å². The van der Waals surface area contributed by atoms with Crippen LogP contribution >= 0.6 is 0 Å². The number of carbonyl (C=O) groups excluding carboxylic acids is 1. The standard InChI is InChI=1S/C16H21FN2O2/c1-18(2)16(20)12-10-19(14-7-8-21-15(12)14)9-11-5-3-4-6-13(11)17/h3-6,12,14-15H,7-10H2,1-2H3/t12-,14+,15+/m0/s1. The van der Waals surface area contributed by atoms with Crippen molar-refractivity contribution in [3.63, 3.8) is 0 Å². The van der Waals surface area contributed by atoms with Gasteiger partial charge in [-0.2, -0.15) is 0 Å². The third kappa shape index (κ3) is 2.68. The molecule has 0 aromatic heterocycles. The zero-order valence-electron chi connectivity index (χ0n) is 12.5. The van der Waals surface area contributed by atoms with E-state index in [2.05, 4.69) is 4.90 Å². The second-order valence-electron chi connectivity index (χ2n) is 6.05. The summed E-state index contributed by atoms with van der Waals surface area (Å²) in [5.74, 6) is -0.224. The van der Waals surface area contributed by atoms with Gasteiger partial charge in [0, 0.05) is 45.4 Å². The molecule has 2 aliphatic rings. The van der Waals surface area contributed by atoms with Crippen molar-refractivity contribution in [2.45, 2.75) is 25.1 Å². The molecule has 2 saturated heterocycles. The quantitative estimate of drug-likeness (QED) is 0.846. The summed E-state index contributed by atoms with van der Waals surface area (Å²) in [5.41, 5.74) is 0.682. The number of hydrogen-bond donors (Lipinski definition) is 0. The molecule has 1 amide bonds. The van der Waals surface area contributed by atoms with Gasteiger partial charge in [-0.3, -0.25) is 9.69 Å². The van der Waals surface area contributed by atoms with E-state index in [1.165, 1.54) is 6.07 Å². The van der Waals surface area contributed by atoms with Crippen LogP contribution in [0.4, 0.5) is 4.39 Å². The van der Waals surface area contributed by atoms with Crippen molar-refractivity contribution in [2.24, 2.45) is 5.92 Å². The highest BCUT2D eigenvalue weighted by Gasteiger charge is 2.48. The summed E-state index contributed by atoms with van der Waals surface area (Å²) in [6.45, 7) is 1.86. The van der Waals surface area contributed by atoms with E-state index in [9.17, 15) is 9.18 Å². The van der Waals surface area contributed by atoms with Crippen LogP contribution in [0.5, 0.6) is 0 Å². The number of nitrogens with zero attached hydrogens (tertiary/aromatic N) is 2. The minimum atomic E-state index is -0.185. The van der Waals surface area contributed by atoms with Crippen molar-refractivity contribution >= 4 is 5.91 Å². The lowest BCUT2D eigenvalue weighted by atomic mass is 10.0. The Bertz CT molecular complexity index is 535. The fraction of sp³-hybridized carbons (Fsp3) is 0.562. The lowest BCUT2D eigenvalue weighted by molar-refractivity contribution is -0.135. The lowest BCUT2D eigenvalue weighted by Crippen LogP contribution is -2.37. The Kier molecular flexibility index (Phi) is 3.95. The van der Waals surface area contributed by atoms with Crippen molar-refractivity contribution in [2.75, 3.05) is 27.2 Å². The average Bonchev–Trinajstić information content (AvgIpc) is 3.04. The normalized spacial score (nSPS) is 28.6. The predicted molar refractivity (Wildman–Crippen MR) is 77.1 cm³/mol. The molecule has 2 fully saturated rings. The van der Waals surface area contributed by atoms with Crippen LogP contribution in [0.2, 0.25) is 0 Å². The molecule has 1 aromatic rings. The minimum Gasteiger partial charge on any atom is -0.376 e. The van der Waals surface area contributed by atoms with E-state index in [1.807, 2.05) is 6.07 Å². The maximum Gasteiger partial charge on any atom is 0.229 e. The van der Waals surface area contributed by atoms with Gasteiger partial charge in [0.2, 0.25) is 5.91 Å². The Morgan fingerprint density at radius 1 is 1.43 bits per heavy atom. The predicted octanol–water partition coefficient (Wildman–Crippen LogP) is 1.50. The average molecular weight is 292 g/mol. The fourth-order valence-corrected chi connectivity index (χ4v) is 3.44. The molecule has 3 atom stereocenters. The Morgan fingerprint density at radius 2 is 2.19 bits per heavy atom. The molecular weight excluding hydrogens is 271 g/mol. The zero-order chi connectivity index (χ0) is 15.0. The van der Waals surface area contributed by atoms with Crippen LogP contribution in [0.3, 0.4) is 0 Å². The molecule has 3 rings (SSSR count). The molecule has 5 heteroatoms. The molecule has 4 nitrogen and oxygen atoms in total. The molecule has 1 aromatic carbocycles. The first kappa shape index (κ1) is 14.5. The maximum absolute atomic E-state index is 13.8. The number of fused-ring (bicyclic) bond motifs is 1. The van der Waals surface area contributed by atoms with Gasteiger partial charge in [0.15, 0.2) is 0 Å². The Hall–Kier alpha value is -1.46. The zero-order valence-corrected chi connectivity index (χ0v) is 12.5. The van der Waals surface area contributed by atoms with Gasteiger partial charge in [-0.25, -0.2) is 4.39 Å². The SMILES string of the molecule is CN(C)C(=O)[C@H]1CN(Cc2ccccc2F)[C@@H]2CCO[C@H]12. The summed E-state index contributed by atoms with van der Waals surface area (Å²) in [7, 11) is 3.54. The summed E-state index contributed by atoms with van der Waals surface area (Å²) in [6, 6.07) is 7.05. The number of likely N-dealkylation sites (tertiary alicyclic amines) is 1. The molecule has 0 aliphatic carbocycles. The molecule has 0 spiro atoms. The van der Waals surface area contributed by atoms with Crippen molar-refractivity contribution in [3.8, 4) is 0 Å². The smallest absolute Gasteiger partial charge is 0.229 e. The van der Waals surface area contributed by atoms with Gasteiger partial charge in [0.05, 0.1) is 12.0 Å². The molecule has 2 aliphatic heterocycles. The molecule has 0 saturated carbocycles. The van der Waals surface area contributed by atoms with Crippen LogP contribution in [-0.4, -0.2) is 55.1 Å². The number of benzene rings is 1. The summed E-state index contributed by atoms with van der Waals surface area (Å²) in [4.78, 5) is 16.1. The molecular formula is C16H21FN2O2. The lowest BCUT2D eigenvalue weighted by Gasteiger charge is -2.22. The summed E-state index contributed by atoms with van der Waals surface area (Å²) < 4.78 is 19.6. The van der Waals surface area contributed by atoms with Crippen LogP contribution in [0.25, 0.3) is 0 Å². The molecule has 2 heterocycles. The third-order valence-corrected chi connectivity index (χ3v) is 4.49. The molecule has 114 valence electrons. The van der Waals surface area contributed by atoms with E-state index in [4.69, 9.17) is 4.74 Å². The highest BCUT2D eigenvalue weighted by atomic mass is 19.1. The number of hydrogen-bond acceptors (Lipinski definition) is 3. The molecule has 0 bridgehead atoms. The molecule has 0 radical (unpaired) electrons. The van der Waals surface area contributed by atoms with E-state index >= 15 is 0 Å². The second-order valence-corrected chi connectivity index (χ2v) is 6.05. The summed E-state index contributed by atoms with van der Waals surface area (Å²) >= 11 is 0. The monoisotopic (exact) mass is 292 g/mol. The maximum atomic E-state index is 13.8. The highest BCUT2D eigenvalue weighted by Crippen LogP contribution is 2.35. The van der Waals surface area contributed by atoms with E-state index in [0.717, 1.165) is 6.42 Å². The largest absolute Gasteiger partial charge is 0.376 e. The van der Waals surface area contributed by atoms with Gasteiger partial charge >= 0.3 is 0 Å². The Balaban J connectivity index is 1.78. The Labute approximate surface area is 124 Å². The van der Waals surface area contributed by atoms with Gasteiger partial charge in [0.1, 0.15) is 5.82 Å². The van der Waals surface area contributed by atoms with Crippen LogP contribution in [0, 0.1) is 11.7 Å². The third-order valence-electron chi connectivity index (χ3n) is 4.49. The van der Waals surface area contributed by atoms with Gasteiger partial charge in [0.25, 0.3) is 0 Å². The first-order valence-electron chi connectivity index (χ1n) is 7.38. The van der Waals surface area contributed by atoms with Crippen molar-refractivity contribution in [3.05, 3.63) is 35.6 Å². The fourth-order valence-electron chi connectivity index (χ4n) is 3.44. The van der Waals surface area contributed by atoms with Crippen LogP contribution in [-0.2, 0) is 16.1 Å². The van der Waals surface area contributed by atoms with Crippen LogP contribution in [0.15, 0.2) is 24.3 Å². The van der Waals surface area contributed by atoms with Crippen molar-refractivity contribution in [1.82, 2.24) is 9.80 Å². The number of carbonyl (C=O) groups is 1. The number of halogens is 1. The minimum absolute atomic E-state index is 0.0494. The Morgan fingerprint density at radius 3 is 2.90 bits per heavy atom. The van der Waals surface area contributed by atoms with E-state index in [0.29, 0.717) is 25.3 Å². The molecule has 0 N–H and O–H groups in total. The van der Waals surface area contributed by atoms with E-state index < -0.39 is 0 Å². The highest BCUT2D eigenvalue weighted by molar-refractivity contribution is 5.79. The first-order chi connectivity index (χ1) is 10.1. The topological polar surface area (TPSA) is 32.8 Å². The number of amides is 1. The number of rotatable bonds is 3. The van der Waals surface area contributed by atoms with Crippen LogP contribution in [0.1, 0.15) is 12.0 Å².